The predicted molar refractivity (Wildman–Crippen MR) is 157 cm³/mol. The van der Waals surface area contributed by atoms with Crippen LogP contribution < -0.4 is 10.6 Å². The molecule has 0 aliphatic heterocycles. The molecule has 0 spiro atoms. The number of aryl methyl sites for hydroxylation is 2. The van der Waals surface area contributed by atoms with E-state index in [1.807, 2.05) is 56.3 Å². The number of carbonyl (C=O) groups is 3. The molecule has 2 aromatic carbocycles. The molecule has 2 aromatic rings. The second-order valence-electron chi connectivity index (χ2n) is 12.5. The van der Waals surface area contributed by atoms with Gasteiger partial charge in [0.05, 0.1) is 0 Å². The standard InChI is InChI=1S/C33H45N3O4/c1-22-18-23(2)20-25(19-22)29(30(37)34-26-14-10-7-11-15-26)36(27-16-17-27)31(38)28(21-24-12-8-6-9-13-24)35-32(39)40-33(3,4)5/h6,8-9,12-13,18-20,26-29H,7,10-11,14-17,21H2,1-5H3,(H,34,37)(H,35,39). The largest absolute Gasteiger partial charge is 0.444 e. The van der Waals surface area contributed by atoms with Crippen LogP contribution in [0.25, 0.3) is 0 Å². The number of amides is 3. The molecule has 0 radical (unpaired) electrons. The first-order valence-corrected chi connectivity index (χ1v) is 14.7. The Bertz CT molecular complexity index is 1160. The van der Waals surface area contributed by atoms with E-state index in [1.165, 1.54) is 6.42 Å². The van der Waals surface area contributed by atoms with Gasteiger partial charge in [0.25, 0.3) is 0 Å². The Labute approximate surface area is 239 Å². The lowest BCUT2D eigenvalue weighted by atomic mass is 9.93. The van der Waals surface area contributed by atoms with Crippen molar-refractivity contribution in [3.05, 3.63) is 70.8 Å². The summed E-state index contributed by atoms with van der Waals surface area (Å²) in [6.07, 6.45) is 6.62. The molecule has 0 saturated heterocycles. The summed E-state index contributed by atoms with van der Waals surface area (Å²) in [5.74, 6) is -0.409. The molecular weight excluding hydrogens is 502 g/mol. The van der Waals surface area contributed by atoms with E-state index in [9.17, 15) is 14.4 Å². The van der Waals surface area contributed by atoms with Crippen molar-refractivity contribution in [2.45, 2.75) is 116 Å². The third-order valence-electron chi connectivity index (χ3n) is 7.50. The molecule has 2 fully saturated rings. The molecule has 2 unspecified atom stereocenters. The van der Waals surface area contributed by atoms with E-state index in [4.69, 9.17) is 4.74 Å². The average Bonchev–Trinajstić information content (AvgIpc) is 3.71. The van der Waals surface area contributed by atoms with Gasteiger partial charge in [-0.2, -0.15) is 0 Å². The van der Waals surface area contributed by atoms with E-state index in [2.05, 4.69) is 16.7 Å². The Morgan fingerprint density at radius 2 is 1.55 bits per heavy atom. The minimum atomic E-state index is -0.881. The smallest absolute Gasteiger partial charge is 0.408 e. The van der Waals surface area contributed by atoms with Crippen molar-refractivity contribution in [2.75, 3.05) is 0 Å². The highest BCUT2D eigenvalue weighted by Crippen LogP contribution is 2.37. The zero-order chi connectivity index (χ0) is 28.9. The van der Waals surface area contributed by atoms with Gasteiger partial charge >= 0.3 is 6.09 Å². The lowest BCUT2D eigenvalue weighted by Gasteiger charge is -2.36. The highest BCUT2D eigenvalue weighted by atomic mass is 16.6. The van der Waals surface area contributed by atoms with E-state index in [0.717, 1.165) is 60.8 Å². The lowest BCUT2D eigenvalue weighted by molar-refractivity contribution is -0.143. The fraction of sp³-hybridized carbons (Fsp3) is 0.545. The van der Waals surface area contributed by atoms with Crippen molar-refractivity contribution in [2.24, 2.45) is 0 Å². The molecule has 0 heterocycles. The van der Waals surface area contributed by atoms with Crippen LogP contribution in [0.1, 0.15) is 94.0 Å². The van der Waals surface area contributed by atoms with Gasteiger partial charge in [0.15, 0.2) is 0 Å². The first-order valence-electron chi connectivity index (χ1n) is 14.7. The number of alkyl carbamates (subject to hydrolysis) is 1. The van der Waals surface area contributed by atoms with Gasteiger partial charge in [0.1, 0.15) is 17.7 Å². The van der Waals surface area contributed by atoms with Gasteiger partial charge in [-0.05, 0) is 71.4 Å². The molecule has 2 atom stereocenters. The summed E-state index contributed by atoms with van der Waals surface area (Å²) >= 11 is 0. The molecular formula is C33H45N3O4. The van der Waals surface area contributed by atoms with Crippen molar-refractivity contribution >= 4 is 17.9 Å². The van der Waals surface area contributed by atoms with Crippen LogP contribution in [0.15, 0.2) is 48.5 Å². The van der Waals surface area contributed by atoms with Crippen molar-refractivity contribution in [3.63, 3.8) is 0 Å². The summed E-state index contributed by atoms with van der Waals surface area (Å²) in [7, 11) is 0. The second-order valence-corrected chi connectivity index (χ2v) is 12.5. The summed E-state index contributed by atoms with van der Waals surface area (Å²) in [4.78, 5) is 43.2. The Hall–Kier alpha value is -3.35. The fourth-order valence-electron chi connectivity index (χ4n) is 5.68. The van der Waals surface area contributed by atoms with Gasteiger partial charge < -0.3 is 20.3 Å². The van der Waals surface area contributed by atoms with Gasteiger partial charge in [-0.25, -0.2) is 4.79 Å². The average molecular weight is 548 g/mol. The Kier molecular flexibility index (Phi) is 9.54. The summed E-state index contributed by atoms with van der Waals surface area (Å²) in [5, 5.41) is 6.14. The number of rotatable bonds is 9. The minimum absolute atomic E-state index is 0.0610. The van der Waals surface area contributed by atoms with Crippen molar-refractivity contribution in [1.29, 1.82) is 0 Å². The van der Waals surface area contributed by atoms with E-state index >= 15 is 0 Å². The number of nitrogens with zero attached hydrogens (tertiary/aromatic N) is 1. The molecule has 3 amide bonds. The van der Waals surface area contributed by atoms with E-state index in [1.54, 1.807) is 25.7 Å². The van der Waals surface area contributed by atoms with Crippen LogP contribution in [0.2, 0.25) is 0 Å². The zero-order valence-corrected chi connectivity index (χ0v) is 24.7. The van der Waals surface area contributed by atoms with Crippen LogP contribution in [0, 0.1) is 13.8 Å². The Morgan fingerprint density at radius 3 is 2.12 bits per heavy atom. The van der Waals surface area contributed by atoms with Gasteiger partial charge in [-0.15, -0.1) is 0 Å². The maximum absolute atomic E-state index is 14.5. The summed E-state index contributed by atoms with van der Waals surface area (Å²) in [6.45, 7) is 9.41. The quantitative estimate of drug-likeness (QED) is 0.408. The number of benzene rings is 2. The second kappa shape index (κ2) is 12.9. The lowest BCUT2D eigenvalue weighted by Crippen LogP contribution is -2.55. The summed E-state index contributed by atoms with van der Waals surface area (Å²) < 4.78 is 5.54. The van der Waals surface area contributed by atoms with Crippen LogP contribution in [0.4, 0.5) is 4.79 Å². The topological polar surface area (TPSA) is 87.7 Å². The van der Waals surface area contributed by atoms with Crippen LogP contribution >= 0.6 is 0 Å². The molecule has 40 heavy (non-hydrogen) atoms. The molecule has 2 aliphatic rings. The molecule has 7 heteroatoms. The van der Waals surface area contributed by atoms with Gasteiger partial charge in [-0.1, -0.05) is 78.9 Å². The number of carbonyl (C=O) groups excluding carboxylic acids is 3. The van der Waals surface area contributed by atoms with Crippen LogP contribution in [0.5, 0.6) is 0 Å². The normalized spacial score (nSPS) is 17.4. The van der Waals surface area contributed by atoms with Crippen molar-refractivity contribution in [1.82, 2.24) is 15.5 Å². The molecule has 216 valence electrons. The fourth-order valence-corrected chi connectivity index (χ4v) is 5.68. The highest BCUT2D eigenvalue weighted by Gasteiger charge is 2.44. The SMILES string of the molecule is Cc1cc(C)cc(C(C(=O)NC2CCCCC2)N(C(=O)C(Cc2ccccc2)NC(=O)OC(C)(C)C)C2CC2)c1. The molecule has 0 aromatic heterocycles. The maximum Gasteiger partial charge on any atom is 0.408 e. The summed E-state index contributed by atoms with van der Waals surface area (Å²) in [6, 6.07) is 14.1. The first kappa shape index (κ1) is 29.6. The van der Waals surface area contributed by atoms with Crippen molar-refractivity contribution < 1.29 is 19.1 Å². The minimum Gasteiger partial charge on any atom is -0.444 e. The van der Waals surface area contributed by atoms with E-state index < -0.39 is 23.8 Å². The van der Waals surface area contributed by atoms with Gasteiger partial charge in [0.2, 0.25) is 11.8 Å². The molecule has 2 saturated carbocycles. The summed E-state index contributed by atoms with van der Waals surface area (Å²) in [5.41, 5.74) is 3.11. The third-order valence-corrected chi connectivity index (χ3v) is 7.50. The number of ether oxygens (including phenoxy) is 1. The zero-order valence-electron chi connectivity index (χ0n) is 24.7. The van der Waals surface area contributed by atoms with Gasteiger partial charge in [-0.3, -0.25) is 9.59 Å². The van der Waals surface area contributed by atoms with Crippen LogP contribution in [-0.4, -0.2) is 46.5 Å². The van der Waals surface area contributed by atoms with Crippen molar-refractivity contribution in [3.8, 4) is 0 Å². The predicted octanol–water partition coefficient (Wildman–Crippen LogP) is 5.92. The maximum atomic E-state index is 14.5. The third kappa shape index (κ3) is 8.33. The van der Waals surface area contributed by atoms with E-state index in [-0.39, 0.29) is 23.9 Å². The Balaban J connectivity index is 1.70. The molecule has 4 rings (SSSR count). The molecule has 2 aliphatic carbocycles. The van der Waals surface area contributed by atoms with Gasteiger partial charge in [0, 0.05) is 18.5 Å². The monoisotopic (exact) mass is 547 g/mol. The number of hydrogen-bond donors (Lipinski definition) is 2. The van der Waals surface area contributed by atoms with Crippen LogP contribution in [-0.2, 0) is 20.7 Å². The number of hydrogen-bond acceptors (Lipinski definition) is 4. The molecule has 7 nitrogen and oxygen atoms in total. The number of nitrogens with one attached hydrogen (secondary N) is 2. The highest BCUT2D eigenvalue weighted by molar-refractivity contribution is 5.93. The molecule has 0 bridgehead atoms. The first-order chi connectivity index (χ1) is 19.0. The Morgan fingerprint density at radius 1 is 0.925 bits per heavy atom. The van der Waals surface area contributed by atoms with Crippen LogP contribution in [0.3, 0.4) is 0 Å². The molecule has 2 N–H and O–H groups in total. The van der Waals surface area contributed by atoms with E-state index in [0.29, 0.717) is 6.42 Å².